The second-order valence-corrected chi connectivity index (χ2v) is 8.46. The molecular weight excluding hydrogens is 431 g/mol. The largest absolute Gasteiger partial charge is 0.416 e. The number of alkyl halides is 3. The van der Waals surface area contributed by atoms with E-state index in [-0.39, 0.29) is 5.69 Å². The minimum Gasteiger partial charge on any atom is -0.382 e. The monoisotopic (exact) mass is 447 g/mol. The van der Waals surface area contributed by atoms with Gasteiger partial charge in [0.15, 0.2) is 11.5 Å². The molecule has 0 atom stereocenters. The highest BCUT2D eigenvalue weighted by atomic mass is 32.2. The SMILES string of the molecule is Cn1nc(N)c2c(-c3ccc(NS(=O)(=O)c4cccc(C(F)(F)F)c4)cc3)ccnc21. The van der Waals surface area contributed by atoms with E-state index in [1.54, 1.807) is 36.1 Å². The molecule has 4 aromatic rings. The summed E-state index contributed by atoms with van der Waals surface area (Å²) < 4.78 is 67.6. The summed E-state index contributed by atoms with van der Waals surface area (Å²) in [5.41, 5.74) is 7.26. The third-order valence-corrected chi connectivity index (χ3v) is 6.05. The molecule has 3 N–H and O–H groups in total. The van der Waals surface area contributed by atoms with E-state index in [1.165, 1.54) is 12.1 Å². The van der Waals surface area contributed by atoms with Crippen LogP contribution in [-0.4, -0.2) is 23.2 Å². The number of hydrogen-bond acceptors (Lipinski definition) is 5. The van der Waals surface area contributed by atoms with Gasteiger partial charge in [0.2, 0.25) is 0 Å². The Hall–Kier alpha value is -3.60. The molecule has 0 aliphatic heterocycles. The van der Waals surface area contributed by atoms with Crippen LogP contribution in [0.2, 0.25) is 0 Å². The first-order valence-electron chi connectivity index (χ1n) is 8.94. The molecule has 0 fully saturated rings. The van der Waals surface area contributed by atoms with Gasteiger partial charge in [-0.15, -0.1) is 0 Å². The van der Waals surface area contributed by atoms with Crippen LogP contribution in [0.5, 0.6) is 0 Å². The molecule has 2 heterocycles. The fraction of sp³-hybridized carbons (Fsp3) is 0.100. The highest BCUT2D eigenvalue weighted by Gasteiger charge is 2.31. The zero-order chi connectivity index (χ0) is 22.4. The fourth-order valence-corrected chi connectivity index (χ4v) is 4.32. The van der Waals surface area contributed by atoms with Crippen LogP contribution in [0.4, 0.5) is 24.7 Å². The minimum absolute atomic E-state index is 0.200. The van der Waals surface area contributed by atoms with Crippen molar-refractivity contribution in [2.45, 2.75) is 11.1 Å². The van der Waals surface area contributed by atoms with E-state index in [4.69, 9.17) is 5.73 Å². The van der Waals surface area contributed by atoms with E-state index >= 15 is 0 Å². The summed E-state index contributed by atoms with van der Waals surface area (Å²) in [6.07, 6.45) is -3.03. The third-order valence-electron chi connectivity index (χ3n) is 4.67. The Labute approximate surface area is 175 Å². The van der Waals surface area contributed by atoms with Crippen LogP contribution in [0.25, 0.3) is 22.2 Å². The molecule has 0 bridgehead atoms. The Morgan fingerprint density at radius 3 is 2.45 bits per heavy atom. The van der Waals surface area contributed by atoms with Crippen molar-refractivity contribution in [2.75, 3.05) is 10.5 Å². The Kier molecular flexibility index (Phi) is 4.85. The highest BCUT2D eigenvalue weighted by molar-refractivity contribution is 7.92. The number of pyridine rings is 1. The number of nitrogens with one attached hydrogen (secondary N) is 1. The van der Waals surface area contributed by atoms with Crippen molar-refractivity contribution in [3.8, 4) is 11.1 Å². The van der Waals surface area contributed by atoms with Crippen molar-refractivity contribution in [1.29, 1.82) is 0 Å². The molecule has 160 valence electrons. The number of aryl methyl sites for hydroxylation is 1. The smallest absolute Gasteiger partial charge is 0.382 e. The first-order valence-corrected chi connectivity index (χ1v) is 10.4. The van der Waals surface area contributed by atoms with Crippen LogP contribution in [0, 0.1) is 0 Å². The first-order chi connectivity index (χ1) is 14.6. The summed E-state index contributed by atoms with van der Waals surface area (Å²) in [4.78, 5) is 3.78. The maximum atomic E-state index is 12.9. The molecule has 0 unspecified atom stereocenters. The molecule has 0 spiro atoms. The van der Waals surface area contributed by atoms with E-state index in [0.717, 1.165) is 29.3 Å². The van der Waals surface area contributed by atoms with E-state index in [9.17, 15) is 21.6 Å². The average Bonchev–Trinajstić information content (AvgIpc) is 3.02. The summed E-state index contributed by atoms with van der Waals surface area (Å²) in [6, 6.07) is 11.7. The lowest BCUT2D eigenvalue weighted by Gasteiger charge is -2.12. The molecule has 2 aromatic heterocycles. The zero-order valence-electron chi connectivity index (χ0n) is 16.1. The maximum Gasteiger partial charge on any atom is 0.416 e. The molecule has 0 aliphatic carbocycles. The maximum absolute atomic E-state index is 12.9. The summed E-state index contributed by atoms with van der Waals surface area (Å²) in [7, 11) is -2.48. The summed E-state index contributed by atoms with van der Waals surface area (Å²) in [5.74, 6) is 0.315. The van der Waals surface area contributed by atoms with Crippen LogP contribution in [0.15, 0.2) is 65.7 Å². The number of sulfonamides is 1. The first kappa shape index (κ1) is 20.7. The summed E-state index contributed by atoms with van der Waals surface area (Å²) in [6.45, 7) is 0. The number of nitrogen functional groups attached to an aromatic ring is 1. The van der Waals surface area contributed by atoms with Crippen LogP contribution in [0.1, 0.15) is 5.56 Å². The minimum atomic E-state index is -4.64. The van der Waals surface area contributed by atoms with Crippen LogP contribution in [-0.2, 0) is 23.2 Å². The lowest BCUT2D eigenvalue weighted by atomic mass is 10.0. The number of fused-ring (bicyclic) bond motifs is 1. The van der Waals surface area contributed by atoms with Crippen LogP contribution < -0.4 is 10.5 Å². The van der Waals surface area contributed by atoms with Crippen molar-refractivity contribution in [3.05, 3.63) is 66.4 Å². The average molecular weight is 447 g/mol. The van der Waals surface area contributed by atoms with Gasteiger partial charge in [0.05, 0.1) is 15.8 Å². The number of anilines is 2. The number of hydrogen-bond donors (Lipinski definition) is 2. The standard InChI is InChI=1S/C20H16F3N5O2S/c1-28-19-17(18(24)26-28)16(9-10-25-19)12-5-7-14(8-6-12)27-31(29,30)15-4-2-3-13(11-15)20(21,22)23/h2-11,27H,1H3,(H2,24,26). The Bertz CT molecular complexity index is 1380. The van der Waals surface area contributed by atoms with Gasteiger partial charge in [-0.3, -0.25) is 4.72 Å². The number of rotatable bonds is 4. The van der Waals surface area contributed by atoms with E-state index in [0.29, 0.717) is 22.9 Å². The number of halogens is 3. The normalized spacial score (nSPS) is 12.3. The molecule has 0 radical (unpaired) electrons. The highest BCUT2D eigenvalue weighted by Crippen LogP contribution is 2.33. The number of benzene rings is 2. The predicted octanol–water partition coefficient (Wildman–Crippen LogP) is 4.04. The molecule has 7 nitrogen and oxygen atoms in total. The molecule has 4 rings (SSSR count). The molecule has 0 saturated heterocycles. The molecular formula is C20H16F3N5O2S. The lowest BCUT2D eigenvalue weighted by molar-refractivity contribution is -0.137. The summed E-state index contributed by atoms with van der Waals surface area (Å²) >= 11 is 0. The molecule has 0 amide bonds. The Morgan fingerprint density at radius 1 is 1.06 bits per heavy atom. The van der Waals surface area contributed by atoms with Gasteiger partial charge >= 0.3 is 6.18 Å². The Morgan fingerprint density at radius 2 is 1.77 bits per heavy atom. The molecule has 31 heavy (non-hydrogen) atoms. The number of nitrogens with two attached hydrogens (primary N) is 1. The van der Waals surface area contributed by atoms with Crippen LogP contribution >= 0.6 is 0 Å². The van der Waals surface area contributed by atoms with Crippen molar-refractivity contribution in [1.82, 2.24) is 14.8 Å². The van der Waals surface area contributed by atoms with Gasteiger partial charge in [0.25, 0.3) is 10.0 Å². The van der Waals surface area contributed by atoms with Gasteiger partial charge in [-0.05, 0) is 47.5 Å². The Balaban J connectivity index is 1.64. The van der Waals surface area contributed by atoms with Gasteiger partial charge in [0.1, 0.15) is 0 Å². The molecule has 0 saturated carbocycles. The zero-order valence-corrected chi connectivity index (χ0v) is 16.9. The van der Waals surface area contributed by atoms with Crippen molar-refractivity contribution in [3.63, 3.8) is 0 Å². The number of aromatic nitrogens is 3. The third kappa shape index (κ3) is 3.91. The van der Waals surface area contributed by atoms with Gasteiger partial charge in [-0.25, -0.2) is 18.1 Å². The topological polar surface area (TPSA) is 103 Å². The second-order valence-electron chi connectivity index (χ2n) is 6.77. The molecule has 0 aliphatic rings. The van der Waals surface area contributed by atoms with Crippen LogP contribution in [0.3, 0.4) is 0 Å². The molecule has 2 aromatic carbocycles. The van der Waals surface area contributed by atoms with Gasteiger partial charge < -0.3 is 5.73 Å². The van der Waals surface area contributed by atoms with E-state index in [1.807, 2.05) is 0 Å². The van der Waals surface area contributed by atoms with Crippen molar-refractivity contribution < 1.29 is 21.6 Å². The number of nitrogens with zero attached hydrogens (tertiary/aromatic N) is 3. The van der Waals surface area contributed by atoms with Gasteiger partial charge in [0, 0.05) is 18.9 Å². The van der Waals surface area contributed by atoms with Crippen molar-refractivity contribution in [2.24, 2.45) is 7.05 Å². The summed E-state index contributed by atoms with van der Waals surface area (Å²) in [5, 5.41) is 4.83. The van der Waals surface area contributed by atoms with Gasteiger partial charge in [-0.2, -0.15) is 18.3 Å². The van der Waals surface area contributed by atoms with E-state index in [2.05, 4.69) is 14.8 Å². The van der Waals surface area contributed by atoms with E-state index < -0.39 is 26.7 Å². The van der Waals surface area contributed by atoms with Gasteiger partial charge in [-0.1, -0.05) is 18.2 Å². The predicted molar refractivity (Wildman–Crippen MR) is 111 cm³/mol. The quantitative estimate of drug-likeness (QED) is 0.492. The fourth-order valence-electron chi connectivity index (χ4n) is 3.22. The lowest BCUT2D eigenvalue weighted by Crippen LogP contribution is -2.14. The molecule has 11 heteroatoms. The second kappa shape index (κ2) is 7.27. The van der Waals surface area contributed by atoms with Crippen molar-refractivity contribution >= 4 is 32.6 Å².